The van der Waals surface area contributed by atoms with E-state index < -0.39 is 3.68 Å². The Labute approximate surface area is 195 Å². The van der Waals surface area contributed by atoms with Crippen LogP contribution in [0.1, 0.15) is 38.1 Å². The molecule has 3 unspecified atom stereocenters. The van der Waals surface area contributed by atoms with Crippen LogP contribution in [0, 0.1) is 5.82 Å². The zero-order valence-corrected chi connectivity index (χ0v) is 19.6. The summed E-state index contributed by atoms with van der Waals surface area (Å²) in [6.07, 6.45) is 2.30. The number of nitrogens with one attached hydrogen (secondary N) is 1. The first-order chi connectivity index (χ1) is 14.3. The quantitative estimate of drug-likeness (QED) is 0.425. The van der Waals surface area contributed by atoms with Crippen LogP contribution in [0.25, 0.3) is 0 Å². The summed E-state index contributed by atoms with van der Waals surface area (Å²) in [5.41, 5.74) is 7.27. The number of alkyl halides is 3. The highest BCUT2D eigenvalue weighted by Gasteiger charge is 2.44. The number of fused-ring (bicyclic) bond motifs is 3. The summed E-state index contributed by atoms with van der Waals surface area (Å²) in [4.78, 5) is 13.8. The molecule has 10 heteroatoms. The van der Waals surface area contributed by atoms with Gasteiger partial charge < -0.3 is 11.1 Å². The number of carbonyl (C=O) groups is 1. The predicted octanol–water partition coefficient (Wildman–Crippen LogP) is 4.10. The number of thiophene rings is 1. The third-order valence-corrected chi connectivity index (χ3v) is 8.34. The monoisotopic (exact) mass is 564 g/mol. The molecule has 2 aliphatic rings. The van der Waals surface area contributed by atoms with Crippen molar-refractivity contribution in [1.29, 1.82) is 0 Å². The van der Waals surface area contributed by atoms with Crippen molar-refractivity contribution in [2.75, 3.05) is 13.1 Å². The van der Waals surface area contributed by atoms with Crippen molar-refractivity contribution in [3.05, 3.63) is 57.0 Å². The molecule has 0 saturated heterocycles. The van der Waals surface area contributed by atoms with Crippen LogP contribution in [0.5, 0.6) is 0 Å². The lowest BCUT2D eigenvalue weighted by Crippen LogP contribution is -2.41. The minimum atomic E-state index is -1.60. The van der Waals surface area contributed by atoms with Crippen molar-refractivity contribution in [3.63, 3.8) is 0 Å². The van der Waals surface area contributed by atoms with Crippen molar-refractivity contribution in [1.82, 2.24) is 10.3 Å². The number of halogens is 4. The van der Waals surface area contributed by atoms with Crippen LogP contribution in [0.4, 0.5) is 8.78 Å². The maximum Gasteiger partial charge on any atom is 0.261 e. The van der Waals surface area contributed by atoms with Crippen LogP contribution >= 0.6 is 45.5 Å². The van der Waals surface area contributed by atoms with Crippen molar-refractivity contribution < 1.29 is 13.6 Å². The molecule has 1 amide bonds. The van der Waals surface area contributed by atoms with Crippen molar-refractivity contribution in [2.24, 2.45) is 10.8 Å². The third-order valence-electron chi connectivity index (χ3n) is 5.26. The molecule has 3 heterocycles. The molecule has 1 aromatic heterocycles. The minimum absolute atomic E-state index is 0.195. The Morgan fingerprint density at radius 1 is 1.50 bits per heavy atom. The number of hydrogen-bond acceptors (Lipinski definition) is 5. The van der Waals surface area contributed by atoms with Crippen molar-refractivity contribution in [3.8, 4) is 0 Å². The lowest BCUT2D eigenvalue weighted by atomic mass is 10.0. The Balaban J connectivity index is 1.56. The molecule has 0 bridgehead atoms. The van der Waals surface area contributed by atoms with Gasteiger partial charge in [-0.1, -0.05) is 12.1 Å². The molecule has 0 fully saturated rings. The summed E-state index contributed by atoms with van der Waals surface area (Å²) in [5.74, 6) is -0.666. The van der Waals surface area contributed by atoms with E-state index >= 15 is 4.39 Å². The molecule has 4 rings (SSSR count). The SMILES string of the molecule is NC[C@H](Cc1cccc(F)c1)NC(=O)c1cc2c(s1)C(F)(I)CCN1N=CC(Cl)C21. The molecule has 30 heavy (non-hydrogen) atoms. The van der Waals surface area contributed by atoms with Gasteiger partial charge in [0.25, 0.3) is 5.91 Å². The molecule has 0 saturated carbocycles. The average Bonchev–Trinajstić information content (AvgIpc) is 3.27. The topological polar surface area (TPSA) is 70.7 Å². The van der Waals surface area contributed by atoms with E-state index in [1.54, 1.807) is 52.0 Å². The van der Waals surface area contributed by atoms with Gasteiger partial charge in [0.05, 0.1) is 21.2 Å². The zero-order chi connectivity index (χ0) is 21.5. The van der Waals surface area contributed by atoms with E-state index in [2.05, 4.69) is 10.4 Å². The van der Waals surface area contributed by atoms with Crippen LogP contribution in [0.3, 0.4) is 0 Å². The normalized spacial score (nSPS) is 26.1. The fourth-order valence-corrected chi connectivity index (χ4v) is 6.09. The molecule has 0 aliphatic carbocycles. The smallest absolute Gasteiger partial charge is 0.261 e. The number of hydrazone groups is 1. The number of amides is 1. The molecule has 0 spiro atoms. The molecule has 3 N–H and O–H groups in total. The average molecular weight is 565 g/mol. The summed E-state index contributed by atoms with van der Waals surface area (Å²) in [7, 11) is 0. The fourth-order valence-electron chi connectivity index (χ4n) is 3.79. The highest BCUT2D eigenvalue weighted by atomic mass is 127. The number of carbonyl (C=O) groups excluding carboxylic acids is 1. The van der Waals surface area contributed by atoms with Crippen LogP contribution in [0.15, 0.2) is 35.4 Å². The molecule has 0 radical (unpaired) electrons. The van der Waals surface area contributed by atoms with Crippen LogP contribution < -0.4 is 11.1 Å². The van der Waals surface area contributed by atoms with E-state index in [1.165, 1.54) is 12.1 Å². The Bertz CT molecular complexity index is 985. The highest BCUT2D eigenvalue weighted by molar-refractivity contribution is 14.1. The van der Waals surface area contributed by atoms with Crippen LogP contribution in [-0.2, 0) is 10.1 Å². The summed E-state index contributed by atoms with van der Waals surface area (Å²) in [5, 5.41) is 8.60. The first kappa shape index (κ1) is 21.9. The summed E-state index contributed by atoms with van der Waals surface area (Å²) in [6.45, 7) is 0.649. The maximum atomic E-state index is 15.4. The van der Waals surface area contributed by atoms with Gasteiger partial charge in [0.1, 0.15) is 5.82 Å². The standard InChI is InChI=1S/C20H20ClF2IN4OS/c21-15-10-26-28-5-4-20(23,24)18-14(17(15)28)8-16(30-18)19(29)27-13(9-25)7-11-2-1-3-12(22)6-11/h1-3,6,8,10,13,15,17H,4-5,7,9,25H2,(H,27,29)/t13-,15?,17?,20?/m0/s1. The maximum absolute atomic E-state index is 15.4. The summed E-state index contributed by atoms with van der Waals surface area (Å²) in [6, 6.07) is 7.25. The van der Waals surface area contributed by atoms with Crippen molar-refractivity contribution in [2.45, 2.75) is 34.0 Å². The molecular weight excluding hydrogens is 545 g/mol. The Kier molecular flexibility index (Phi) is 6.34. The van der Waals surface area contributed by atoms with E-state index in [1.807, 2.05) is 0 Å². The molecule has 1 aromatic carbocycles. The van der Waals surface area contributed by atoms with Gasteiger partial charge >= 0.3 is 0 Å². The largest absolute Gasteiger partial charge is 0.347 e. The Morgan fingerprint density at radius 2 is 2.30 bits per heavy atom. The van der Waals surface area contributed by atoms with Crippen molar-refractivity contribution >= 4 is 57.7 Å². The Hall–Kier alpha value is -1.30. The number of hydrogen-bond donors (Lipinski definition) is 2. The second kappa shape index (κ2) is 8.68. The van der Waals surface area contributed by atoms with E-state index in [-0.39, 0.29) is 42.2 Å². The molecule has 2 aliphatic heterocycles. The molecule has 160 valence electrons. The second-order valence-electron chi connectivity index (χ2n) is 7.41. The van der Waals surface area contributed by atoms with E-state index in [0.29, 0.717) is 28.3 Å². The van der Waals surface area contributed by atoms with Gasteiger partial charge in [-0.05, 0) is 58.3 Å². The van der Waals surface area contributed by atoms with E-state index in [4.69, 9.17) is 17.3 Å². The van der Waals surface area contributed by atoms with Gasteiger partial charge in [0, 0.05) is 31.8 Å². The Morgan fingerprint density at radius 3 is 3.03 bits per heavy atom. The second-order valence-corrected chi connectivity index (χ2v) is 10.7. The third kappa shape index (κ3) is 4.35. The zero-order valence-electron chi connectivity index (χ0n) is 15.8. The van der Waals surface area contributed by atoms with E-state index in [0.717, 1.165) is 16.9 Å². The fraction of sp³-hybridized carbons (Fsp3) is 0.400. The first-order valence-corrected chi connectivity index (χ1v) is 11.8. The summed E-state index contributed by atoms with van der Waals surface area (Å²) >= 11 is 9.36. The molecule has 4 atom stereocenters. The minimum Gasteiger partial charge on any atom is -0.347 e. The predicted molar refractivity (Wildman–Crippen MR) is 124 cm³/mol. The van der Waals surface area contributed by atoms with Gasteiger partial charge in [0.2, 0.25) is 0 Å². The number of rotatable bonds is 5. The number of benzene rings is 1. The highest BCUT2D eigenvalue weighted by Crippen LogP contribution is 2.50. The van der Waals surface area contributed by atoms with Gasteiger partial charge in [0.15, 0.2) is 3.68 Å². The number of nitrogens with zero attached hydrogens (tertiary/aromatic N) is 2. The number of nitrogens with two attached hydrogens (primary N) is 1. The van der Waals surface area contributed by atoms with Gasteiger partial charge in [-0.25, -0.2) is 8.78 Å². The molecule has 5 nitrogen and oxygen atoms in total. The lowest BCUT2D eigenvalue weighted by Gasteiger charge is -2.23. The van der Waals surface area contributed by atoms with E-state index in [9.17, 15) is 9.18 Å². The van der Waals surface area contributed by atoms with Gasteiger partial charge in [-0.2, -0.15) is 5.10 Å². The van der Waals surface area contributed by atoms with Gasteiger partial charge in [-0.15, -0.1) is 22.9 Å². The molecule has 2 aromatic rings. The van der Waals surface area contributed by atoms with Gasteiger partial charge in [-0.3, -0.25) is 9.80 Å². The lowest BCUT2D eigenvalue weighted by molar-refractivity contribution is 0.0942. The first-order valence-electron chi connectivity index (χ1n) is 9.50. The summed E-state index contributed by atoms with van der Waals surface area (Å²) < 4.78 is 27.2. The van der Waals surface area contributed by atoms with Crippen LogP contribution in [-0.4, -0.2) is 41.6 Å². The molecular formula is C20H20ClF2IN4OS. The van der Waals surface area contributed by atoms with Crippen LogP contribution in [0.2, 0.25) is 0 Å².